The van der Waals surface area contributed by atoms with E-state index in [9.17, 15) is 14.0 Å². The molecule has 0 N–H and O–H groups in total. The second-order valence-electron chi connectivity index (χ2n) is 9.70. The lowest BCUT2D eigenvalue weighted by atomic mass is 9.95. The van der Waals surface area contributed by atoms with Crippen LogP contribution in [0.1, 0.15) is 50.1 Å². The number of amides is 2. The van der Waals surface area contributed by atoms with E-state index >= 15 is 0 Å². The smallest absolute Gasteiger partial charge is 0.249 e. The van der Waals surface area contributed by atoms with E-state index in [0.717, 1.165) is 25.5 Å². The molecule has 9 nitrogen and oxygen atoms in total. The van der Waals surface area contributed by atoms with Crippen LogP contribution in [0.15, 0.2) is 30.7 Å². The summed E-state index contributed by atoms with van der Waals surface area (Å²) in [4.78, 5) is 48.5. The number of halogens is 1. The monoisotopic (exact) mass is 466 g/mol. The molecule has 0 aromatic carbocycles. The first-order valence-electron chi connectivity index (χ1n) is 12.0. The van der Waals surface area contributed by atoms with Crippen molar-refractivity contribution >= 4 is 23.6 Å². The van der Waals surface area contributed by atoms with Crippen LogP contribution in [0, 0.1) is 17.2 Å². The summed E-state index contributed by atoms with van der Waals surface area (Å²) in [5.74, 6) is 0.767. The molecule has 5 heterocycles. The van der Waals surface area contributed by atoms with Gasteiger partial charge in [0.2, 0.25) is 17.8 Å². The van der Waals surface area contributed by atoms with Gasteiger partial charge in [-0.05, 0) is 49.8 Å². The largest absolute Gasteiger partial charge is 0.341 e. The van der Waals surface area contributed by atoms with Crippen LogP contribution in [-0.2, 0) is 14.4 Å². The Bertz CT molecular complexity index is 1120. The van der Waals surface area contributed by atoms with Gasteiger partial charge in [0.05, 0.1) is 24.3 Å². The number of aromatic nitrogens is 3. The number of carbonyl (C=O) groups is 2. The van der Waals surface area contributed by atoms with Gasteiger partial charge in [0.15, 0.2) is 0 Å². The first-order valence-corrected chi connectivity index (χ1v) is 12.0. The Hall–Kier alpha value is -3.14. The number of anilines is 2. The van der Waals surface area contributed by atoms with Gasteiger partial charge in [0, 0.05) is 44.4 Å². The summed E-state index contributed by atoms with van der Waals surface area (Å²) >= 11 is 0. The van der Waals surface area contributed by atoms with E-state index in [0.29, 0.717) is 62.8 Å². The predicted octanol–water partition coefficient (Wildman–Crippen LogP) is 2.65. The first kappa shape index (κ1) is 21.4. The van der Waals surface area contributed by atoms with Crippen molar-refractivity contribution in [1.82, 2.24) is 20.0 Å². The van der Waals surface area contributed by atoms with Gasteiger partial charge < -0.3 is 4.90 Å². The molecule has 2 amide bonds. The molecule has 3 saturated heterocycles. The fourth-order valence-electron chi connectivity index (χ4n) is 5.40. The molecule has 0 bridgehead atoms. The minimum atomic E-state index is -0.421. The Morgan fingerprint density at radius 2 is 1.94 bits per heavy atom. The maximum atomic E-state index is 13.7. The molecule has 34 heavy (non-hydrogen) atoms. The Kier molecular flexibility index (Phi) is 5.20. The summed E-state index contributed by atoms with van der Waals surface area (Å²) in [7, 11) is 0. The molecule has 1 aliphatic carbocycles. The summed E-state index contributed by atoms with van der Waals surface area (Å²) in [5.41, 5.74) is 0.527. The number of rotatable bonds is 4. The second kappa shape index (κ2) is 8.26. The van der Waals surface area contributed by atoms with Crippen LogP contribution in [0.2, 0.25) is 0 Å². The third-order valence-corrected chi connectivity index (χ3v) is 7.63. The molecule has 0 unspecified atom stereocenters. The van der Waals surface area contributed by atoms with Gasteiger partial charge in [0.25, 0.3) is 0 Å². The van der Waals surface area contributed by atoms with Crippen LogP contribution in [0.5, 0.6) is 0 Å². The quantitative estimate of drug-likeness (QED) is 0.684. The highest BCUT2D eigenvalue weighted by Crippen LogP contribution is 2.54. The maximum absolute atomic E-state index is 13.7. The SMILES string of the molecule is O=C(C1CCN(c2nccc(N3CCC4(CC4)C3=O)n2)CC1)N1OCC[C@H]1c1cncc(F)c1. The molecule has 178 valence electrons. The Balaban J connectivity index is 1.10. The van der Waals surface area contributed by atoms with Gasteiger partial charge in [-0.3, -0.25) is 24.3 Å². The van der Waals surface area contributed by atoms with E-state index in [1.54, 1.807) is 23.4 Å². The Morgan fingerprint density at radius 1 is 1.12 bits per heavy atom. The van der Waals surface area contributed by atoms with Crippen molar-refractivity contribution < 1.29 is 18.8 Å². The summed E-state index contributed by atoms with van der Waals surface area (Å²) in [6.07, 6.45) is 9.23. The van der Waals surface area contributed by atoms with Crippen LogP contribution < -0.4 is 9.80 Å². The van der Waals surface area contributed by atoms with Crippen molar-refractivity contribution in [3.63, 3.8) is 0 Å². The minimum Gasteiger partial charge on any atom is -0.341 e. The summed E-state index contributed by atoms with van der Waals surface area (Å²) in [5, 5.41) is 1.42. The molecule has 1 saturated carbocycles. The zero-order valence-electron chi connectivity index (χ0n) is 18.9. The third-order valence-electron chi connectivity index (χ3n) is 7.63. The van der Waals surface area contributed by atoms with Gasteiger partial charge in [-0.15, -0.1) is 0 Å². The number of nitrogens with zero attached hydrogens (tertiary/aromatic N) is 6. The van der Waals surface area contributed by atoms with Crippen molar-refractivity contribution in [2.75, 3.05) is 36.0 Å². The number of pyridine rings is 1. The van der Waals surface area contributed by atoms with E-state index in [-0.39, 0.29) is 29.2 Å². The normalized spacial score (nSPS) is 24.3. The molecule has 3 aliphatic heterocycles. The van der Waals surface area contributed by atoms with Crippen LogP contribution in [0.4, 0.5) is 16.2 Å². The van der Waals surface area contributed by atoms with Crippen molar-refractivity contribution in [3.05, 3.63) is 42.1 Å². The number of hydrogen-bond acceptors (Lipinski definition) is 7. The molecule has 2 aromatic heterocycles. The number of hydrogen-bond donors (Lipinski definition) is 0. The zero-order chi connectivity index (χ0) is 23.3. The summed E-state index contributed by atoms with van der Waals surface area (Å²) < 4.78 is 13.7. The highest BCUT2D eigenvalue weighted by atomic mass is 19.1. The minimum absolute atomic E-state index is 0.0709. The predicted molar refractivity (Wildman–Crippen MR) is 120 cm³/mol. The van der Waals surface area contributed by atoms with Gasteiger partial charge in [0.1, 0.15) is 11.6 Å². The molecule has 6 rings (SSSR count). The highest BCUT2D eigenvalue weighted by molar-refractivity contribution is 6.01. The van der Waals surface area contributed by atoms with Crippen molar-refractivity contribution in [3.8, 4) is 0 Å². The van der Waals surface area contributed by atoms with E-state index in [4.69, 9.17) is 4.84 Å². The number of hydroxylamine groups is 2. The molecular formula is C24H27FN6O3. The van der Waals surface area contributed by atoms with Crippen LogP contribution in [0.3, 0.4) is 0 Å². The molecule has 0 radical (unpaired) electrons. The van der Waals surface area contributed by atoms with E-state index in [1.165, 1.54) is 11.1 Å². The van der Waals surface area contributed by atoms with E-state index in [1.807, 2.05) is 0 Å². The maximum Gasteiger partial charge on any atom is 0.249 e. The van der Waals surface area contributed by atoms with Crippen LogP contribution in [-0.4, -0.2) is 58.1 Å². The Morgan fingerprint density at radius 3 is 2.68 bits per heavy atom. The topological polar surface area (TPSA) is 91.8 Å². The molecule has 1 atom stereocenters. The molecular weight excluding hydrogens is 439 g/mol. The lowest BCUT2D eigenvalue weighted by Gasteiger charge is -2.34. The number of piperidine rings is 1. The summed E-state index contributed by atoms with van der Waals surface area (Å²) in [6.45, 7) is 2.40. The van der Waals surface area contributed by atoms with Crippen LogP contribution >= 0.6 is 0 Å². The average molecular weight is 467 g/mol. The third kappa shape index (κ3) is 3.70. The number of carbonyl (C=O) groups excluding carboxylic acids is 2. The van der Waals surface area contributed by atoms with Gasteiger partial charge in [-0.1, -0.05) is 0 Å². The summed E-state index contributed by atoms with van der Waals surface area (Å²) in [6, 6.07) is 2.89. The second-order valence-corrected chi connectivity index (χ2v) is 9.70. The van der Waals surface area contributed by atoms with Crippen molar-refractivity contribution in [2.24, 2.45) is 11.3 Å². The molecule has 2 aromatic rings. The van der Waals surface area contributed by atoms with E-state index < -0.39 is 5.82 Å². The van der Waals surface area contributed by atoms with Gasteiger partial charge in [-0.2, -0.15) is 4.98 Å². The van der Waals surface area contributed by atoms with Gasteiger partial charge in [-0.25, -0.2) is 14.4 Å². The molecule has 4 aliphatic rings. The zero-order valence-corrected chi connectivity index (χ0v) is 18.9. The first-order chi connectivity index (χ1) is 16.5. The van der Waals surface area contributed by atoms with Gasteiger partial charge >= 0.3 is 0 Å². The fourth-order valence-corrected chi connectivity index (χ4v) is 5.40. The van der Waals surface area contributed by atoms with Crippen LogP contribution in [0.25, 0.3) is 0 Å². The Labute approximate surface area is 196 Å². The van der Waals surface area contributed by atoms with Crippen molar-refractivity contribution in [1.29, 1.82) is 0 Å². The fraction of sp³-hybridized carbons (Fsp3) is 0.542. The standard InChI is InChI=1S/C24H27FN6O3/c25-18-13-17(14-26-15-18)19-4-12-34-31(19)21(32)16-2-9-29(10-3-16)23-27-8-1-20(28-23)30-11-7-24(5-6-24)22(30)33/h1,8,13-16,19H,2-7,9-12H2/t19-/m0/s1. The lowest BCUT2D eigenvalue weighted by Crippen LogP contribution is -2.42. The molecule has 4 fully saturated rings. The molecule has 1 spiro atoms. The average Bonchev–Trinajstić information content (AvgIpc) is 3.36. The van der Waals surface area contributed by atoms with Crippen molar-refractivity contribution in [2.45, 2.75) is 44.6 Å². The highest BCUT2D eigenvalue weighted by Gasteiger charge is 2.56. The molecule has 10 heteroatoms. The van der Waals surface area contributed by atoms with E-state index in [2.05, 4.69) is 19.9 Å². The lowest BCUT2D eigenvalue weighted by molar-refractivity contribution is -0.182.